The molecule has 1 amide bonds. The van der Waals surface area contributed by atoms with Crippen LogP contribution in [0.25, 0.3) is 0 Å². The number of piperidine rings is 1. The Kier molecular flexibility index (Phi) is 5.23. The molecule has 1 aromatic heterocycles. The highest BCUT2D eigenvalue weighted by Gasteiger charge is 2.43. The quantitative estimate of drug-likeness (QED) is 0.722. The summed E-state index contributed by atoms with van der Waals surface area (Å²) in [4.78, 5) is 22.4. The molecule has 0 bridgehead atoms. The number of rotatable bonds is 6. The molecule has 1 saturated carbocycles. The number of benzene rings is 1. The molecule has 0 radical (unpaired) electrons. The number of carbonyl (C=O) groups is 1. The van der Waals surface area contributed by atoms with Gasteiger partial charge in [0.25, 0.3) is 0 Å². The van der Waals surface area contributed by atoms with E-state index in [0.29, 0.717) is 10.7 Å². The lowest BCUT2D eigenvalue weighted by atomic mass is 9.90. The van der Waals surface area contributed by atoms with Crippen LogP contribution >= 0.6 is 11.6 Å². The smallest absolute Gasteiger partial charge is 0.228 e. The van der Waals surface area contributed by atoms with Crippen molar-refractivity contribution in [1.29, 1.82) is 0 Å². The highest BCUT2D eigenvalue weighted by Crippen LogP contribution is 2.49. The Bertz CT molecular complexity index is 945. The van der Waals surface area contributed by atoms with Crippen LogP contribution in [0, 0.1) is 23.6 Å². The molecular formula is C22H25ClFN5O. The van der Waals surface area contributed by atoms with Crippen molar-refractivity contribution in [3.05, 3.63) is 40.9 Å². The average Bonchev–Trinajstić information content (AvgIpc) is 3.41. The fourth-order valence-corrected chi connectivity index (χ4v) is 5.08. The minimum Gasteiger partial charge on any atom is -0.385 e. The van der Waals surface area contributed by atoms with Crippen LogP contribution in [0.5, 0.6) is 0 Å². The molecule has 1 unspecified atom stereocenters. The van der Waals surface area contributed by atoms with Crippen LogP contribution in [0.3, 0.4) is 0 Å². The van der Waals surface area contributed by atoms with Gasteiger partial charge in [0.2, 0.25) is 11.9 Å². The van der Waals surface area contributed by atoms with Crippen molar-refractivity contribution in [3.63, 3.8) is 0 Å². The van der Waals surface area contributed by atoms with Crippen molar-refractivity contribution in [2.24, 2.45) is 17.8 Å². The fourth-order valence-electron chi connectivity index (χ4n) is 4.98. The second-order valence-corrected chi connectivity index (χ2v) is 9.05. The molecule has 1 saturated heterocycles. The van der Waals surface area contributed by atoms with Crippen LogP contribution in [0.15, 0.2) is 24.5 Å². The van der Waals surface area contributed by atoms with Crippen molar-refractivity contribution in [2.45, 2.75) is 32.1 Å². The lowest BCUT2D eigenvalue weighted by molar-refractivity contribution is -0.115. The predicted molar refractivity (Wildman–Crippen MR) is 115 cm³/mol. The van der Waals surface area contributed by atoms with Gasteiger partial charge in [-0.05, 0) is 61.1 Å². The largest absolute Gasteiger partial charge is 0.385 e. The first kappa shape index (κ1) is 19.5. The van der Waals surface area contributed by atoms with Crippen molar-refractivity contribution in [3.8, 4) is 0 Å². The van der Waals surface area contributed by atoms with E-state index in [1.54, 1.807) is 12.4 Å². The minimum atomic E-state index is -0.360. The van der Waals surface area contributed by atoms with E-state index in [1.807, 2.05) is 6.07 Å². The second kappa shape index (κ2) is 8.02. The standard InChI is InChI=1S/C22H25ClFN5O/c23-16-11-26-22(27-12-16)29-5-2-13(3-6-29)18-8-14(18)1-4-25-17-7-15-9-20(30)28-21(15)19(24)10-17/h7,10-14,18,25H,1-6,8-9H2,(H,28,30)/t14-,18?/m1/s1. The first-order chi connectivity index (χ1) is 14.6. The molecule has 158 valence electrons. The van der Waals surface area contributed by atoms with Gasteiger partial charge in [-0.15, -0.1) is 0 Å². The first-order valence-corrected chi connectivity index (χ1v) is 11.0. The first-order valence-electron chi connectivity index (χ1n) is 10.7. The second-order valence-electron chi connectivity index (χ2n) is 8.62. The number of halogens is 2. The van der Waals surface area contributed by atoms with Crippen LogP contribution in [0.2, 0.25) is 5.02 Å². The zero-order valence-electron chi connectivity index (χ0n) is 16.7. The third-order valence-corrected chi connectivity index (χ3v) is 6.84. The SMILES string of the molecule is O=C1Cc2cc(NCC[C@@H]3CC3C3CCN(c4ncc(Cl)cn4)CC3)cc(F)c2N1. The van der Waals surface area contributed by atoms with Crippen LogP contribution in [-0.2, 0) is 11.2 Å². The van der Waals surface area contributed by atoms with Crippen molar-refractivity contribution < 1.29 is 9.18 Å². The molecule has 2 aliphatic heterocycles. The van der Waals surface area contributed by atoms with Crippen LogP contribution in [-0.4, -0.2) is 35.5 Å². The van der Waals surface area contributed by atoms with Gasteiger partial charge in [-0.2, -0.15) is 0 Å². The number of hydrogen-bond acceptors (Lipinski definition) is 5. The van der Waals surface area contributed by atoms with Crippen molar-refractivity contribution in [2.75, 3.05) is 35.2 Å². The monoisotopic (exact) mass is 429 g/mol. The van der Waals surface area contributed by atoms with E-state index in [0.717, 1.165) is 61.0 Å². The summed E-state index contributed by atoms with van der Waals surface area (Å²) in [5, 5.41) is 6.49. The van der Waals surface area contributed by atoms with Gasteiger partial charge in [-0.1, -0.05) is 11.6 Å². The summed E-state index contributed by atoms with van der Waals surface area (Å²) < 4.78 is 14.1. The molecule has 3 heterocycles. The van der Waals surface area contributed by atoms with Crippen LogP contribution < -0.4 is 15.5 Å². The minimum absolute atomic E-state index is 0.143. The molecule has 6 nitrogen and oxygen atoms in total. The molecule has 0 spiro atoms. The maximum atomic E-state index is 14.1. The van der Waals surface area contributed by atoms with E-state index >= 15 is 0 Å². The van der Waals surface area contributed by atoms with Gasteiger partial charge >= 0.3 is 0 Å². The Morgan fingerprint density at radius 3 is 2.77 bits per heavy atom. The molecule has 2 aromatic rings. The molecule has 1 aliphatic carbocycles. The Hall–Kier alpha value is -2.41. The highest BCUT2D eigenvalue weighted by molar-refractivity contribution is 6.30. The summed E-state index contributed by atoms with van der Waals surface area (Å²) >= 11 is 5.88. The number of carbonyl (C=O) groups excluding carboxylic acids is 1. The Morgan fingerprint density at radius 1 is 1.23 bits per heavy atom. The fraction of sp³-hybridized carbons (Fsp3) is 0.500. The van der Waals surface area contributed by atoms with E-state index in [2.05, 4.69) is 25.5 Å². The summed E-state index contributed by atoms with van der Waals surface area (Å²) in [6, 6.07) is 3.36. The van der Waals surface area contributed by atoms with Crippen molar-refractivity contribution >= 4 is 34.8 Å². The van der Waals surface area contributed by atoms with Gasteiger partial charge in [-0.25, -0.2) is 14.4 Å². The van der Waals surface area contributed by atoms with Crippen LogP contribution in [0.4, 0.5) is 21.7 Å². The van der Waals surface area contributed by atoms with E-state index < -0.39 is 0 Å². The number of nitrogens with zero attached hydrogens (tertiary/aromatic N) is 3. The zero-order chi connectivity index (χ0) is 20.7. The molecule has 3 aliphatic rings. The summed E-state index contributed by atoms with van der Waals surface area (Å²) in [5.74, 6) is 2.60. The molecular weight excluding hydrogens is 405 g/mol. The van der Waals surface area contributed by atoms with Crippen LogP contribution in [0.1, 0.15) is 31.2 Å². The Balaban J connectivity index is 1.07. The van der Waals surface area contributed by atoms with E-state index in [9.17, 15) is 9.18 Å². The molecule has 2 N–H and O–H groups in total. The number of anilines is 3. The zero-order valence-corrected chi connectivity index (χ0v) is 17.5. The Morgan fingerprint density at radius 2 is 2.00 bits per heavy atom. The van der Waals surface area contributed by atoms with Gasteiger partial charge in [0.05, 0.1) is 29.5 Å². The van der Waals surface area contributed by atoms with E-state index in [4.69, 9.17) is 11.6 Å². The van der Waals surface area contributed by atoms with E-state index in [1.165, 1.54) is 25.3 Å². The van der Waals surface area contributed by atoms with Gasteiger partial charge in [0, 0.05) is 25.3 Å². The topological polar surface area (TPSA) is 70.2 Å². The highest BCUT2D eigenvalue weighted by atomic mass is 35.5. The van der Waals surface area contributed by atoms with Crippen molar-refractivity contribution in [1.82, 2.24) is 9.97 Å². The summed E-state index contributed by atoms with van der Waals surface area (Å²) in [5.41, 5.74) is 1.84. The molecule has 30 heavy (non-hydrogen) atoms. The number of hydrogen-bond donors (Lipinski definition) is 2. The molecule has 2 fully saturated rings. The third-order valence-electron chi connectivity index (χ3n) is 6.64. The number of amides is 1. The summed E-state index contributed by atoms with van der Waals surface area (Å²) in [6.07, 6.45) is 8.31. The van der Waals surface area contributed by atoms with Gasteiger partial charge in [-0.3, -0.25) is 4.79 Å². The normalized spacial score (nSPS) is 23.3. The average molecular weight is 430 g/mol. The Labute approximate surface area is 180 Å². The molecule has 5 rings (SSSR count). The third kappa shape index (κ3) is 4.08. The molecule has 2 atom stereocenters. The molecule has 1 aromatic carbocycles. The lowest BCUT2D eigenvalue weighted by Crippen LogP contribution is -2.35. The van der Waals surface area contributed by atoms with E-state index in [-0.39, 0.29) is 18.1 Å². The van der Waals surface area contributed by atoms with Gasteiger partial charge < -0.3 is 15.5 Å². The summed E-state index contributed by atoms with van der Waals surface area (Å²) in [6.45, 7) is 2.82. The maximum Gasteiger partial charge on any atom is 0.228 e. The van der Waals surface area contributed by atoms with Gasteiger partial charge in [0.1, 0.15) is 5.82 Å². The predicted octanol–water partition coefficient (Wildman–Crippen LogP) is 4.12. The lowest BCUT2D eigenvalue weighted by Gasteiger charge is -2.32. The number of aromatic nitrogens is 2. The number of nitrogens with one attached hydrogen (secondary N) is 2. The van der Waals surface area contributed by atoms with Gasteiger partial charge in [0.15, 0.2) is 0 Å². The maximum absolute atomic E-state index is 14.1. The summed E-state index contributed by atoms with van der Waals surface area (Å²) in [7, 11) is 0. The molecule has 8 heteroatoms. The number of fused-ring (bicyclic) bond motifs is 1.